The standard InChI is InChI=1S/C11H20N2O2/c1-11(12,8-2-3-8)10(15)13-6-7-4-9(14)5-7/h7-9,14H,2-6,12H2,1H3,(H,13,15). The quantitative estimate of drug-likeness (QED) is 0.614. The van der Waals surface area contributed by atoms with Crippen LogP contribution < -0.4 is 11.1 Å². The molecule has 4 nitrogen and oxygen atoms in total. The summed E-state index contributed by atoms with van der Waals surface area (Å²) >= 11 is 0. The van der Waals surface area contributed by atoms with E-state index in [1.807, 2.05) is 6.92 Å². The summed E-state index contributed by atoms with van der Waals surface area (Å²) in [5.74, 6) is 0.773. The van der Waals surface area contributed by atoms with E-state index in [0.717, 1.165) is 25.7 Å². The van der Waals surface area contributed by atoms with E-state index in [9.17, 15) is 4.79 Å². The Bertz CT molecular complexity index is 255. The van der Waals surface area contributed by atoms with E-state index in [-0.39, 0.29) is 12.0 Å². The molecule has 0 radical (unpaired) electrons. The molecular formula is C11H20N2O2. The number of amides is 1. The number of aliphatic hydroxyl groups is 1. The molecule has 0 aromatic heterocycles. The number of nitrogens with two attached hydrogens (primary N) is 1. The van der Waals surface area contributed by atoms with Crippen LogP contribution in [0.3, 0.4) is 0 Å². The van der Waals surface area contributed by atoms with Crippen LogP contribution in [-0.2, 0) is 4.79 Å². The van der Waals surface area contributed by atoms with Crippen molar-refractivity contribution < 1.29 is 9.90 Å². The fraction of sp³-hybridized carbons (Fsp3) is 0.909. The Balaban J connectivity index is 1.72. The first-order valence-electron chi connectivity index (χ1n) is 5.75. The molecule has 0 aromatic rings. The number of nitrogens with one attached hydrogen (secondary N) is 1. The summed E-state index contributed by atoms with van der Waals surface area (Å²) in [5, 5.41) is 12.0. The molecule has 1 atom stereocenters. The van der Waals surface area contributed by atoms with Crippen molar-refractivity contribution in [2.45, 2.75) is 44.2 Å². The van der Waals surface area contributed by atoms with E-state index in [0.29, 0.717) is 18.4 Å². The molecule has 86 valence electrons. The lowest BCUT2D eigenvalue weighted by atomic mass is 9.82. The van der Waals surface area contributed by atoms with Crippen LogP contribution in [0.4, 0.5) is 0 Å². The number of rotatable bonds is 4. The molecule has 4 heteroatoms. The molecule has 0 aliphatic heterocycles. The molecule has 1 unspecified atom stereocenters. The minimum Gasteiger partial charge on any atom is -0.393 e. The smallest absolute Gasteiger partial charge is 0.240 e. The lowest BCUT2D eigenvalue weighted by molar-refractivity contribution is -0.127. The van der Waals surface area contributed by atoms with Gasteiger partial charge in [-0.2, -0.15) is 0 Å². The van der Waals surface area contributed by atoms with Crippen molar-refractivity contribution in [3.05, 3.63) is 0 Å². The van der Waals surface area contributed by atoms with Gasteiger partial charge < -0.3 is 16.2 Å². The van der Waals surface area contributed by atoms with Gasteiger partial charge in [0.15, 0.2) is 0 Å². The maximum absolute atomic E-state index is 11.8. The van der Waals surface area contributed by atoms with E-state index >= 15 is 0 Å². The number of hydrogen-bond acceptors (Lipinski definition) is 3. The van der Waals surface area contributed by atoms with Gasteiger partial charge in [-0.3, -0.25) is 4.79 Å². The molecule has 0 spiro atoms. The van der Waals surface area contributed by atoms with E-state index < -0.39 is 5.54 Å². The molecule has 2 aliphatic carbocycles. The van der Waals surface area contributed by atoms with E-state index in [1.165, 1.54) is 0 Å². The van der Waals surface area contributed by atoms with E-state index in [1.54, 1.807) is 0 Å². The third-order valence-electron chi connectivity index (χ3n) is 3.68. The number of aliphatic hydroxyl groups excluding tert-OH is 1. The van der Waals surface area contributed by atoms with Gasteiger partial charge in [-0.1, -0.05) is 0 Å². The maximum atomic E-state index is 11.8. The van der Waals surface area contributed by atoms with Crippen LogP contribution in [0.15, 0.2) is 0 Å². The number of carbonyl (C=O) groups is 1. The van der Waals surface area contributed by atoms with Crippen LogP contribution in [0, 0.1) is 11.8 Å². The molecule has 4 N–H and O–H groups in total. The second-order valence-electron chi connectivity index (χ2n) is 5.26. The van der Waals surface area contributed by atoms with Crippen molar-refractivity contribution in [3.8, 4) is 0 Å². The highest BCUT2D eigenvalue weighted by Crippen LogP contribution is 2.38. The Hall–Kier alpha value is -0.610. The van der Waals surface area contributed by atoms with Gasteiger partial charge in [0.2, 0.25) is 5.91 Å². The normalized spacial score (nSPS) is 34.1. The van der Waals surface area contributed by atoms with Crippen LogP contribution in [0.5, 0.6) is 0 Å². The van der Waals surface area contributed by atoms with Crippen molar-refractivity contribution >= 4 is 5.91 Å². The molecule has 1 amide bonds. The van der Waals surface area contributed by atoms with Gasteiger partial charge in [-0.15, -0.1) is 0 Å². The zero-order valence-electron chi connectivity index (χ0n) is 9.20. The zero-order chi connectivity index (χ0) is 11.1. The van der Waals surface area contributed by atoms with Gasteiger partial charge >= 0.3 is 0 Å². The summed E-state index contributed by atoms with van der Waals surface area (Å²) in [6.07, 6.45) is 3.61. The Kier molecular flexibility index (Phi) is 2.73. The summed E-state index contributed by atoms with van der Waals surface area (Å²) in [4.78, 5) is 11.8. The van der Waals surface area contributed by atoms with Gasteiger partial charge in [-0.25, -0.2) is 0 Å². The fourth-order valence-electron chi connectivity index (χ4n) is 2.16. The molecule has 2 aliphatic rings. The van der Waals surface area contributed by atoms with Crippen LogP contribution in [0.25, 0.3) is 0 Å². The van der Waals surface area contributed by atoms with Crippen molar-refractivity contribution in [3.63, 3.8) is 0 Å². The molecule has 0 heterocycles. The summed E-state index contributed by atoms with van der Waals surface area (Å²) in [5.41, 5.74) is 5.29. The fourth-order valence-corrected chi connectivity index (χ4v) is 2.16. The summed E-state index contributed by atoms with van der Waals surface area (Å²) in [6, 6.07) is 0. The third kappa shape index (κ3) is 2.32. The van der Waals surface area contributed by atoms with Crippen LogP contribution in [-0.4, -0.2) is 29.2 Å². The van der Waals surface area contributed by atoms with Crippen LogP contribution >= 0.6 is 0 Å². The van der Waals surface area contributed by atoms with Crippen molar-refractivity contribution in [2.24, 2.45) is 17.6 Å². The molecule has 15 heavy (non-hydrogen) atoms. The van der Waals surface area contributed by atoms with Gasteiger partial charge in [0.05, 0.1) is 11.6 Å². The lowest BCUT2D eigenvalue weighted by Crippen LogP contribution is -2.54. The van der Waals surface area contributed by atoms with Crippen LogP contribution in [0.2, 0.25) is 0 Å². The van der Waals surface area contributed by atoms with Crippen molar-refractivity contribution in [1.82, 2.24) is 5.32 Å². The monoisotopic (exact) mass is 212 g/mol. The Morgan fingerprint density at radius 3 is 2.60 bits per heavy atom. The van der Waals surface area contributed by atoms with Gasteiger partial charge in [0.25, 0.3) is 0 Å². The average molecular weight is 212 g/mol. The van der Waals surface area contributed by atoms with Crippen molar-refractivity contribution in [2.75, 3.05) is 6.54 Å². The highest BCUT2D eigenvalue weighted by atomic mass is 16.3. The Labute approximate surface area is 90.2 Å². The predicted octanol–water partition coefficient (Wildman–Crippen LogP) is 0.000900. The SMILES string of the molecule is CC(N)(C(=O)NCC1CC(O)C1)C1CC1. The minimum atomic E-state index is -0.692. The highest BCUT2D eigenvalue weighted by molar-refractivity contribution is 5.86. The first-order chi connectivity index (χ1) is 7.00. The first-order valence-corrected chi connectivity index (χ1v) is 5.75. The molecule has 0 saturated heterocycles. The first kappa shape index (κ1) is 10.9. The maximum Gasteiger partial charge on any atom is 0.240 e. The minimum absolute atomic E-state index is 0.0358. The highest BCUT2D eigenvalue weighted by Gasteiger charge is 2.44. The Morgan fingerprint density at radius 2 is 2.13 bits per heavy atom. The second kappa shape index (κ2) is 3.76. The molecule has 2 rings (SSSR count). The summed E-state index contributed by atoms with van der Waals surface area (Å²) < 4.78 is 0. The van der Waals surface area contributed by atoms with E-state index in [2.05, 4.69) is 5.32 Å². The molecule has 2 saturated carbocycles. The zero-order valence-corrected chi connectivity index (χ0v) is 9.20. The predicted molar refractivity (Wildman–Crippen MR) is 57.1 cm³/mol. The van der Waals surface area contributed by atoms with Crippen LogP contribution in [0.1, 0.15) is 32.6 Å². The molecule has 0 aromatic carbocycles. The number of hydrogen-bond donors (Lipinski definition) is 3. The number of carbonyl (C=O) groups excluding carboxylic acids is 1. The summed E-state index contributed by atoms with van der Waals surface area (Å²) in [7, 11) is 0. The van der Waals surface area contributed by atoms with Gasteiger partial charge in [0.1, 0.15) is 0 Å². The summed E-state index contributed by atoms with van der Waals surface area (Å²) in [6.45, 7) is 2.48. The van der Waals surface area contributed by atoms with E-state index in [4.69, 9.17) is 10.8 Å². The average Bonchev–Trinajstić information content (AvgIpc) is 2.92. The lowest BCUT2D eigenvalue weighted by Gasteiger charge is -2.32. The Morgan fingerprint density at radius 1 is 1.53 bits per heavy atom. The largest absolute Gasteiger partial charge is 0.393 e. The van der Waals surface area contributed by atoms with Crippen molar-refractivity contribution in [1.29, 1.82) is 0 Å². The second-order valence-corrected chi connectivity index (χ2v) is 5.26. The topological polar surface area (TPSA) is 75.4 Å². The van der Waals surface area contributed by atoms with Gasteiger partial charge in [0, 0.05) is 6.54 Å². The third-order valence-corrected chi connectivity index (χ3v) is 3.68. The molecular weight excluding hydrogens is 192 g/mol. The molecule has 0 bridgehead atoms. The molecule has 2 fully saturated rings. The van der Waals surface area contributed by atoms with Gasteiger partial charge in [-0.05, 0) is 44.4 Å².